The van der Waals surface area contributed by atoms with Crippen LogP contribution in [0.2, 0.25) is 0 Å². The molecule has 2 N–H and O–H groups in total. The molecule has 0 spiro atoms. The topological polar surface area (TPSA) is 58.6 Å². The Kier molecular flexibility index (Phi) is 12.0. The summed E-state index contributed by atoms with van der Waals surface area (Å²) in [6.07, 6.45) is 16.2. The molecule has 34 heavy (non-hydrogen) atoms. The second-order valence-electron chi connectivity index (χ2n) is 9.83. The third kappa shape index (κ3) is 9.89. The van der Waals surface area contributed by atoms with Crippen LogP contribution in [-0.2, 0) is 6.54 Å². The third-order valence-electron chi connectivity index (χ3n) is 6.99. The molecular weight excluding hydrogens is 422 g/mol. The summed E-state index contributed by atoms with van der Waals surface area (Å²) in [5, 5.41) is 13.6. The summed E-state index contributed by atoms with van der Waals surface area (Å²) in [4.78, 5) is 12.7. The van der Waals surface area contributed by atoms with Gasteiger partial charge in [0.2, 0.25) is 0 Å². The highest BCUT2D eigenvalue weighted by Crippen LogP contribution is 2.25. The highest BCUT2D eigenvalue weighted by molar-refractivity contribution is 5.96. The van der Waals surface area contributed by atoms with Gasteiger partial charge >= 0.3 is 0 Å². The highest BCUT2D eigenvalue weighted by Gasteiger charge is 2.16. The number of aliphatic hydroxyl groups excluding tert-OH is 1. The molecule has 1 unspecified atom stereocenters. The van der Waals surface area contributed by atoms with E-state index < -0.39 is 6.10 Å². The Bertz CT molecular complexity index is 811. The SMILES string of the molecule is O=C(NCc1ccccc1)c1ccccc1OCC(O)CCC1CCCCCCCCCCC1. The standard InChI is InChI=1S/C30H43NO3/c32-27(22-21-25-15-9-6-4-2-1-3-5-7-10-16-25)24-34-29-20-14-13-19-28(29)30(33)31-23-26-17-11-8-12-18-26/h8,11-14,17-20,25,27,32H,1-7,9-10,15-16,21-24H2,(H,31,33). The molecule has 1 saturated carbocycles. The minimum absolute atomic E-state index is 0.165. The summed E-state index contributed by atoms with van der Waals surface area (Å²) in [7, 11) is 0. The van der Waals surface area contributed by atoms with Crippen LogP contribution in [0.5, 0.6) is 5.75 Å². The molecular formula is C30H43NO3. The number of carbonyl (C=O) groups is 1. The zero-order valence-corrected chi connectivity index (χ0v) is 20.7. The first-order valence-corrected chi connectivity index (χ1v) is 13.4. The van der Waals surface area contributed by atoms with E-state index >= 15 is 0 Å². The van der Waals surface area contributed by atoms with Crippen molar-refractivity contribution in [2.45, 2.75) is 96.1 Å². The number of rotatable bonds is 9. The molecule has 4 heteroatoms. The van der Waals surface area contributed by atoms with Gasteiger partial charge in [0.15, 0.2) is 0 Å². The average Bonchev–Trinajstić information content (AvgIpc) is 2.86. The summed E-state index contributed by atoms with van der Waals surface area (Å²) in [6.45, 7) is 0.688. The van der Waals surface area contributed by atoms with Crippen LogP contribution < -0.4 is 10.1 Å². The van der Waals surface area contributed by atoms with E-state index in [4.69, 9.17) is 4.74 Å². The van der Waals surface area contributed by atoms with Crippen molar-refractivity contribution in [3.63, 3.8) is 0 Å². The van der Waals surface area contributed by atoms with E-state index in [0.717, 1.165) is 18.4 Å². The molecule has 2 aromatic rings. The fourth-order valence-electron chi connectivity index (χ4n) is 4.89. The van der Waals surface area contributed by atoms with Gasteiger partial charge in [-0.3, -0.25) is 4.79 Å². The molecule has 1 fully saturated rings. The van der Waals surface area contributed by atoms with Gasteiger partial charge in [0.1, 0.15) is 12.4 Å². The number of carbonyl (C=O) groups excluding carboxylic acids is 1. The lowest BCUT2D eigenvalue weighted by Crippen LogP contribution is -2.24. The number of ether oxygens (including phenoxy) is 1. The Balaban J connectivity index is 1.43. The second-order valence-corrected chi connectivity index (χ2v) is 9.83. The Morgan fingerprint density at radius 1 is 0.853 bits per heavy atom. The molecule has 1 amide bonds. The average molecular weight is 466 g/mol. The summed E-state index contributed by atoms with van der Waals surface area (Å²) in [5.74, 6) is 1.07. The highest BCUT2D eigenvalue weighted by atomic mass is 16.5. The molecule has 4 nitrogen and oxygen atoms in total. The maximum Gasteiger partial charge on any atom is 0.255 e. The molecule has 1 atom stereocenters. The minimum atomic E-state index is -0.512. The fourth-order valence-corrected chi connectivity index (χ4v) is 4.89. The number of nitrogens with one attached hydrogen (secondary N) is 1. The van der Waals surface area contributed by atoms with Crippen LogP contribution in [-0.4, -0.2) is 23.7 Å². The van der Waals surface area contributed by atoms with Crippen molar-refractivity contribution in [3.05, 3.63) is 65.7 Å². The van der Waals surface area contributed by atoms with E-state index in [1.807, 2.05) is 42.5 Å². The van der Waals surface area contributed by atoms with Crippen molar-refractivity contribution in [1.29, 1.82) is 0 Å². The first kappa shape index (κ1) is 26.3. The number of hydrogen-bond donors (Lipinski definition) is 2. The van der Waals surface area contributed by atoms with Crippen LogP contribution in [0.15, 0.2) is 54.6 Å². The predicted molar refractivity (Wildman–Crippen MR) is 139 cm³/mol. The molecule has 0 bridgehead atoms. The van der Waals surface area contributed by atoms with Crippen LogP contribution in [0.1, 0.15) is 99.4 Å². The third-order valence-corrected chi connectivity index (χ3v) is 6.99. The maximum absolute atomic E-state index is 12.7. The van der Waals surface area contributed by atoms with Crippen LogP contribution in [0, 0.1) is 5.92 Å². The molecule has 186 valence electrons. The summed E-state index contributed by atoms with van der Waals surface area (Å²) < 4.78 is 5.91. The van der Waals surface area contributed by atoms with E-state index in [9.17, 15) is 9.90 Å². The molecule has 0 heterocycles. The molecule has 0 aliphatic heterocycles. The molecule has 3 rings (SSSR count). The van der Waals surface area contributed by atoms with Crippen molar-refractivity contribution < 1.29 is 14.6 Å². The molecule has 0 saturated heterocycles. The Morgan fingerprint density at radius 2 is 1.44 bits per heavy atom. The van der Waals surface area contributed by atoms with Crippen molar-refractivity contribution in [2.24, 2.45) is 5.92 Å². The van der Waals surface area contributed by atoms with Gasteiger partial charge in [0.25, 0.3) is 5.91 Å². The van der Waals surface area contributed by atoms with Crippen molar-refractivity contribution in [2.75, 3.05) is 6.61 Å². The molecule has 0 aromatic heterocycles. The lowest BCUT2D eigenvalue weighted by atomic mass is 9.89. The summed E-state index contributed by atoms with van der Waals surface area (Å²) in [5.41, 5.74) is 1.56. The van der Waals surface area contributed by atoms with E-state index in [-0.39, 0.29) is 12.5 Å². The minimum Gasteiger partial charge on any atom is -0.490 e. The zero-order chi connectivity index (χ0) is 23.8. The van der Waals surface area contributed by atoms with Crippen LogP contribution in [0.3, 0.4) is 0 Å². The first-order valence-electron chi connectivity index (χ1n) is 13.4. The predicted octanol–water partition coefficient (Wildman–Crippen LogP) is 7.06. The van der Waals surface area contributed by atoms with E-state index in [1.54, 1.807) is 12.1 Å². The second kappa shape index (κ2) is 15.5. The van der Waals surface area contributed by atoms with Crippen LogP contribution >= 0.6 is 0 Å². The lowest BCUT2D eigenvalue weighted by molar-refractivity contribution is 0.0877. The number of aliphatic hydroxyl groups is 1. The largest absolute Gasteiger partial charge is 0.490 e. The smallest absolute Gasteiger partial charge is 0.255 e. The molecule has 1 aliphatic carbocycles. The van der Waals surface area contributed by atoms with Crippen LogP contribution in [0.25, 0.3) is 0 Å². The molecule has 0 radical (unpaired) electrons. The summed E-state index contributed by atoms with van der Waals surface area (Å²) >= 11 is 0. The normalized spacial score (nSPS) is 17.2. The van der Waals surface area contributed by atoms with E-state index in [2.05, 4.69) is 5.32 Å². The van der Waals surface area contributed by atoms with Gasteiger partial charge in [-0.1, -0.05) is 113 Å². The van der Waals surface area contributed by atoms with Crippen LogP contribution in [0.4, 0.5) is 0 Å². The monoisotopic (exact) mass is 465 g/mol. The van der Waals surface area contributed by atoms with E-state index in [1.165, 1.54) is 70.6 Å². The van der Waals surface area contributed by atoms with Gasteiger partial charge in [0, 0.05) is 6.54 Å². The number of hydrogen-bond acceptors (Lipinski definition) is 3. The Hall–Kier alpha value is -2.33. The van der Waals surface area contributed by atoms with Gasteiger partial charge in [-0.15, -0.1) is 0 Å². The number of benzene rings is 2. The fraction of sp³-hybridized carbons (Fsp3) is 0.567. The molecule has 1 aliphatic rings. The van der Waals surface area contributed by atoms with Crippen molar-refractivity contribution >= 4 is 5.91 Å². The molecule has 2 aromatic carbocycles. The lowest BCUT2D eigenvalue weighted by Gasteiger charge is -2.20. The van der Waals surface area contributed by atoms with Gasteiger partial charge in [-0.05, 0) is 36.5 Å². The Morgan fingerprint density at radius 3 is 2.12 bits per heavy atom. The number of amides is 1. The summed E-state index contributed by atoms with van der Waals surface area (Å²) in [6, 6.07) is 17.1. The van der Waals surface area contributed by atoms with Crippen molar-refractivity contribution in [1.82, 2.24) is 5.32 Å². The maximum atomic E-state index is 12.7. The quantitative estimate of drug-likeness (QED) is 0.417. The Labute approximate surface area is 206 Å². The van der Waals surface area contributed by atoms with Gasteiger partial charge in [0.05, 0.1) is 11.7 Å². The van der Waals surface area contributed by atoms with Crippen molar-refractivity contribution in [3.8, 4) is 5.75 Å². The van der Waals surface area contributed by atoms with Gasteiger partial charge in [-0.25, -0.2) is 0 Å². The van der Waals surface area contributed by atoms with E-state index in [0.29, 0.717) is 23.8 Å². The number of para-hydroxylation sites is 1. The first-order chi connectivity index (χ1) is 16.7. The van der Waals surface area contributed by atoms with Gasteiger partial charge in [-0.2, -0.15) is 0 Å². The zero-order valence-electron chi connectivity index (χ0n) is 20.7. The van der Waals surface area contributed by atoms with Gasteiger partial charge < -0.3 is 15.2 Å².